The Morgan fingerprint density at radius 2 is 1.61 bits per heavy atom. The maximum Gasteiger partial charge on any atom is 0.336 e. The first-order valence-corrected chi connectivity index (χ1v) is 12.8. The first-order valence-electron chi connectivity index (χ1n) is 11.9. The van der Waals surface area contributed by atoms with Gasteiger partial charge in [0.1, 0.15) is 5.75 Å². The summed E-state index contributed by atoms with van der Waals surface area (Å²) in [6, 6.07) is 15.9. The fraction of sp³-hybridized carbons (Fsp3) is 0.357. The zero-order chi connectivity index (χ0) is 23.1. The minimum absolute atomic E-state index is 0.407. The van der Waals surface area contributed by atoms with Gasteiger partial charge in [-0.2, -0.15) is 0 Å². The fourth-order valence-corrected chi connectivity index (χ4v) is 4.59. The molecule has 0 fully saturated rings. The Morgan fingerprint density at radius 3 is 2.36 bits per heavy atom. The summed E-state index contributed by atoms with van der Waals surface area (Å²) >= 11 is 1.95. The number of carbonyl (C=O) groups excluding carboxylic acids is 1. The van der Waals surface area contributed by atoms with Crippen molar-refractivity contribution >= 4 is 29.1 Å². The molecule has 174 valence electrons. The Balaban J connectivity index is 1.34. The number of aromatic nitrogens is 1. The second kappa shape index (κ2) is 14.3. The number of nitrogens with zero attached hydrogens (tertiary/aromatic N) is 1. The molecule has 0 aliphatic rings. The average Bonchev–Trinajstić information content (AvgIpc) is 3.29. The molecule has 0 unspecified atom stereocenters. The lowest BCUT2D eigenvalue weighted by Gasteiger charge is -2.06. The molecule has 0 radical (unpaired) electrons. The third-order valence-electron chi connectivity index (χ3n) is 5.39. The van der Waals surface area contributed by atoms with Gasteiger partial charge in [0.15, 0.2) is 0 Å². The highest BCUT2D eigenvalue weighted by atomic mass is 32.1. The molecule has 0 amide bonds. The highest BCUT2D eigenvalue weighted by Gasteiger charge is 2.02. The van der Waals surface area contributed by atoms with Gasteiger partial charge in [0.25, 0.3) is 0 Å². The molecule has 0 saturated heterocycles. The molecular formula is C28H34N2O2S. The van der Waals surface area contributed by atoms with Crippen LogP contribution in [0, 0.1) is 0 Å². The van der Waals surface area contributed by atoms with E-state index in [-0.39, 0.29) is 0 Å². The van der Waals surface area contributed by atoms with Gasteiger partial charge in [-0.1, -0.05) is 51.2 Å². The molecule has 2 aromatic heterocycles. The Bertz CT molecular complexity index is 981. The van der Waals surface area contributed by atoms with E-state index < -0.39 is 5.97 Å². The van der Waals surface area contributed by atoms with Crippen LogP contribution in [0.2, 0.25) is 0 Å². The van der Waals surface area contributed by atoms with Crippen molar-refractivity contribution in [3.05, 3.63) is 82.3 Å². The number of hydrogen-bond acceptors (Lipinski definition) is 5. The first-order chi connectivity index (χ1) is 16.2. The summed E-state index contributed by atoms with van der Waals surface area (Å²) in [4.78, 5) is 18.8. The van der Waals surface area contributed by atoms with Crippen molar-refractivity contribution in [2.24, 2.45) is 0 Å². The smallest absolute Gasteiger partial charge is 0.336 e. The van der Waals surface area contributed by atoms with Gasteiger partial charge in [-0.05, 0) is 67.3 Å². The van der Waals surface area contributed by atoms with Gasteiger partial charge >= 0.3 is 5.97 Å². The van der Waals surface area contributed by atoms with Gasteiger partial charge in [-0.25, -0.2) is 4.79 Å². The maximum absolute atomic E-state index is 11.9. The number of nitrogens with one attached hydrogen (secondary N) is 1. The molecule has 4 nitrogen and oxygen atoms in total. The van der Waals surface area contributed by atoms with Crippen LogP contribution in [0.3, 0.4) is 0 Å². The summed E-state index contributed by atoms with van der Waals surface area (Å²) in [6.45, 7) is 3.17. The normalized spacial score (nSPS) is 11.1. The van der Waals surface area contributed by atoms with Crippen LogP contribution in [0.1, 0.15) is 60.8 Å². The first kappa shape index (κ1) is 24.7. The fourth-order valence-electron chi connectivity index (χ4n) is 3.53. The number of ether oxygens (including phenoxy) is 1. The Hall–Kier alpha value is -2.92. The molecular weight excluding hydrogens is 428 g/mol. The molecule has 3 rings (SSSR count). The molecule has 1 N–H and O–H groups in total. The number of aryl methyl sites for hydroxylation is 1. The summed E-state index contributed by atoms with van der Waals surface area (Å²) in [5.74, 6) is 0.0784. The van der Waals surface area contributed by atoms with Crippen LogP contribution < -0.4 is 10.1 Å². The van der Waals surface area contributed by atoms with Crippen LogP contribution in [0.15, 0.2) is 67.0 Å². The topological polar surface area (TPSA) is 51.2 Å². The molecule has 1 aromatic carbocycles. The lowest BCUT2D eigenvalue weighted by Crippen LogP contribution is -2.04. The lowest BCUT2D eigenvalue weighted by atomic mass is 10.1. The third-order valence-corrected chi connectivity index (χ3v) is 6.59. The average molecular weight is 463 g/mol. The molecule has 2 heterocycles. The van der Waals surface area contributed by atoms with Crippen molar-refractivity contribution in [1.82, 2.24) is 4.98 Å². The number of esters is 1. The molecule has 0 aliphatic heterocycles. The van der Waals surface area contributed by atoms with Gasteiger partial charge in [0.2, 0.25) is 0 Å². The molecule has 0 atom stereocenters. The minimum atomic E-state index is -0.407. The number of pyridine rings is 1. The number of unbranched alkanes of at least 4 members (excludes halogenated alkanes) is 5. The summed E-state index contributed by atoms with van der Waals surface area (Å²) in [5.41, 5.74) is 2.03. The summed E-state index contributed by atoms with van der Waals surface area (Å²) in [5, 5.41) is 3.48. The molecule has 0 saturated carbocycles. The van der Waals surface area contributed by atoms with E-state index in [0.29, 0.717) is 5.75 Å². The number of benzene rings is 1. The van der Waals surface area contributed by atoms with Crippen LogP contribution in [-0.2, 0) is 17.6 Å². The second-order valence-corrected chi connectivity index (χ2v) is 9.37. The van der Waals surface area contributed by atoms with Crippen molar-refractivity contribution < 1.29 is 9.53 Å². The summed E-state index contributed by atoms with van der Waals surface area (Å²) in [6.07, 6.45) is 16.7. The summed E-state index contributed by atoms with van der Waals surface area (Å²) < 4.78 is 5.22. The zero-order valence-corrected chi connectivity index (χ0v) is 20.3. The van der Waals surface area contributed by atoms with Gasteiger partial charge in [0.05, 0.1) is 0 Å². The monoisotopic (exact) mass is 462 g/mol. The van der Waals surface area contributed by atoms with Crippen molar-refractivity contribution in [3.8, 4) is 5.75 Å². The Labute approximate surface area is 201 Å². The van der Waals surface area contributed by atoms with Gasteiger partial charge in [-0.15, -0.1) is 11.3 Å². The molecule has 0 spiro atoms. The van der Waals surface area contributed by atoms with Crippen molar-refractivity contribution in [1.29, 1.82) is 0 Å². The SMILES string of the molecule is CCCCCCCCc1ccc(CCNc2ccc(/C=C/C(=O)Oc3ccncc3)cc2)s1. The molecule has 0 aliphatic carbocycles. The van der Waals surface area contributed by atoms with Crippen LogP contribution in [0.4, 0.5) is 5.69 Å². The number of hydrogen-bond donors (Lipinski definition) is 1. The second-order valence-electron chi connectivity index (χ2n) is 8.12. The number of rotatable bonds is 14. The van der Waals surface area contributed by atoms with Crippen molar-refractivity contribution in [3.63, 3.8) is 0 Å². The Kier molecular flexibility index (Phi) is 10.7. The largest absolute Gasteiger partial charge is 0.423 e. The molecule has 5 heteroatoms. The highest BCUT2D eigenvalue weighted by Crippen LogP contribution is 2.20. The van der Waals surface area contributed by atoms with Crippen LogP contribution in [0.5, 0.6) is 5.75 Å². The van der Waals surface area contributed by atoms with Gasteiger partial charge < -0.3 is 10.1 Å². The van der Waals surface area contributed by atoms with E-state index in [1.807, 2.05) is 35.6 Å². The molecule has 33 heavy (non-hydrogen) atoms. The predicted molar refractivity (Wildman–Crippen MR) is 139 cm³/mol. The minimum Gasteiger partial charge on any atom is -0.423 e. The van der Waals surface area contributed by atoms with Crippen LogP contribution in [-0.4, -0.2) is 17.5 Å². The lowest BCUT2D eigenvalue weighted by molar-refractivity contribution is -0.128. The quantitative estimate of drug-likeness (QED) is 0.155. The van der Waals surface area contributed by atoms with E-state index in [1.165, 1.54) is 60.8 Å². The summed E-state index contributed by atoms with van der Waals surface area (Å²) in [7, 11) is 0. The van der Waals surface area contributed by atoms with Gasteiger partial charge in [0, 0.05) is 40.5 Å². The van der Waals surface area contributed by atoms with E-state index in [2.05, 4.69) is 29.4 Å². The van der Waals surface area contributed by atoms with Gasteiger partial charge in [-0.3, -0.25) is 4.98 Å². The maximum atomic E-state index is 11.9. The van der Waals surface area contributed by atoms with E-state index in [0.717, 1.165) is 24.2 Å². The van der Waals surface area contributed by atoms with E-state index in [4.69, 9.17) is 4.74 Å². The highest BCUT2D eigenvalue weighted by molar-refractivity contribution is 7.12. The van der Waals surface area contributed by atoms with Crippen LogP contribution >= 0.6 is 11.3 Å². The van der Waals surface area contributed by atoms with Crippen molar-refractivity contribution in [2.75, 3.05) is 11.9 Å². The number of anilines is 1. The van der Waals surface area contributed by atoms with E-state index in [9.17, 15) is 4.79 Å². The standard InChI is InChI=1S/C28H34N2O2S/c1-2-3-4-5-6-7-8-26-14-15-27(33-26)19-22-30-24-12-9-23(10-13-24)11-16-28(31)32-25-17-20-29-21-18-25/h9-18,20-21,30H,2-8,19,22H2,1H3/b16-11+. The van der Waals surface area contributed by atoms with E-state index in [1.54, 1.807) is 30.6 Å². The van der Waals surface area contributed by atoms with Crippen LogP contribution in [0.25, 0.3) is 6.08 Å². The Morgan fingerprint density at radius 1 is 0.909 bits per heavy atom. The third kappa shape index (κ3) is 9.62. The number of carbonyl (C=O) groups is 1. The predicted octanol–water partition coefficient (Wildman–Crippen LogP) is 7.32. The molecule has 3 aromatic rings. The molecule has 0 bridgehead atoms. The zero-order valence-electron chi connectivity index (χ0n) is 19.5. The van der Waals surface area contributed by atoms with Crippen molar-refractivity contribution in [2.45, 2.75) is 58.3 Å². The van der Waals surface area contributed by atoms with E-state index >= 15 is 0 Å². The number of thiophene rings is 1.